The Hall–Kier alpha value is -3.54. The van der Waals surface area contributed by atoms with Gasteiger partial charge < -0.3 is 19.6 Å². The Labute approximate surface area is 225 Å². The van der Waals surface area contributed by atoms with Gasteiger partial charge in [-0.2, -0.15) is 18.9 Å². The molecule has 180 valence electrons. The zero-order valence-electron chi connectivity index (χ0n) is 20.4. The predicted molar refractivity (Wildman–Crippen MR) is 148 cm³/mol. The predicted octanol–water partition coefficient (Wildman–Crippen LogP) is 7.51. The van der Waals surface area contributed by atoms with Gasteiger partial charge in [0.15, 0.2) is 0 Å². The largest absolute Gasteiger partial charge is 0.503 e. The minimum atomic E-state index is 0. The Balaban J connectivity index is 0.00000240. The molecule has 2 aliphatic heterocycles. The van der Waals surface area contributed by atoms with E-state index in [0.29, 0.717) is 0 Å². The molecule has 36 heavy (non-hydrogen) atoms. The molecule has 0 saturated carbocycles. The molecule has 0 spiro atoms. The summed E-state index contributed by atoms with van der Waals surface area (Å²) in [6.07, 6.45) is 0. The number of benzene rings is 5. The van der Waals surface area contributed by atoms with Crippen molar-refractivity contribution >= 4 is 55.7 Å². The number of rotatable bonds is 2. The van der Waals surface area contributed by atoms with Gasteiger partial charge in [0.05, 0.1) is 0 Å². The fourth-order valence-electron chi connectivity index (χ4n) is 5.52. The van der Waals surface area contributed by atoms with Crippen LogP contribution in [-0.2, 0) is 19.8 Å². The molecule has 0 N–H and O–H groups in total. The third-order valence-corrected chi connectivity index (χ3v) is 7.06. The van der Waals surface area contributed by atoms with E-state index in [2.05, 4.69) is 145 Å². The van der Waals surface area contributed by atoms with Crippen molar-refractivity contribution in [2.75, 3.05) is 33.7 Å². The van der Waals surface area contributed by atoms with Crippen LogP contribution < -0.4 is 19.6 Å². The third-order valence-electron chi connectivity index (χ3n) is 7.06. The molecular formula is C31H25N4Os-3. The Morgan fingerprint density at radius 1 is 0.611 bits per heavy atom. The van der Waals surface area contributed by atoms with Crippen molar-refractivity contribution in [3.8, 4) is 0 Å². The molecule has 0 fully saturated rings. The van der Waals surface area contributed by atoms with Gasteiger partial charge in [-0.1, -0.05) is 67.6 Å². The number of fused-ring (bicyclic) bond motifs is 6. The molecule has 4 nitrogen and oxygen atoms in total. The second-order valence-corrected chi connectivity index (χ2v) is 9.43. The van der Waals surface area contributed by atoms with Gasteiger partial charge >= 0.3 is 0 Å². The summed E-state index contributed by atoms with van der Waals surface area (Å²) >= 11 is 0. The normalized spacial score (nSPS) is 14.4. The van der Waals surface area contributed by atoms with Crippen LogP contribution in [0.15, 0.2) is 84.9 Å². The monoisotopic (exact) mass is 645 g/mol. The van der Waals surface area contributed by atoms with E-state index in [1.165, 1.54) is 49.9 Å². The van der Waals surface area contributed by atoms with Gasteiger partial charge in [0.1, 0.15) is 0 Å². The minimum Gasteiger partial charge on any atom is -0.503 e. The van der Waals surface area contributed by atoms with Gasteiger partial charge in [-0.25, -0.2) is 0 Å². The topological polar surface area (TPSA) is 13.0 Å². The SMILES string of the molecule is Cc1cc(N2[CH-]N(C)c3c2ccc2ccccc32)[c-]c(N2[CH-]N(C)c3c2ccc2ccccc32)c1.[Os]. The van der Waals surface area contributed by atoms with Crippen LogP contribution >= 0.6 is 0 Å². The fraction of sp³-hybridized carbons (Fsp3) is 0.0968. The van der Waals surface area contributed by atoms with E-state index in [1.54, 1.807) is 0 Å². The Morgan fingerprint density at radius 3 is 1.53 bits per heavy atom. The fourth-order valence-corrected chi connectivity index (χ4v) is 5.52. The summed E-state index contributed by atoms with van der Waals surface area (Å²) in [5.41, 5.74) is 8.06. The van der Waals surface area contributed by atoms with Gasteiger partial charge in [-0.15, -0.1) is 29.6 Å². The molecule has 0 bridgehead atoms. The van der Waals surface area contributed by atoms with Crippen LogP contribution in [-0.4, -0.2) is 14.1 Å². The summed E-state index contributed by atoms with van der Waals surface area (Å²) in [5, 5.41) is 5.02. The maximum absolute atomic E-state index is 3.72. The van der Waals surface area contributed by atoms with Crippen molar-refractivity contribution in [3.63, 3.8) is 0 Å². The first-order chi connectivity index (χ1) is 17.1. The van der Waals surface area contributed by atoms with Gasteiger partial charge in [-0.05, 0) is 37.0 Å². The minimum absolute atomic E-state index is 0. The standard InChI is InChI=1S/C31H25N4.Os/c1-21-16-24(34-19-32(2)30-26-10-6-4-8-22(26)12-14-28(30)34)18-25(17-21)35-20-33(3)31-27-11-7-5-9-23(27)13-15-29(31)35;/h4-17,19-20H,1-3H3;/q-3;. The summed E-state index contributed by atoms with van der Waals surface area (Å²) in [5.74, 6) is 0. The quantitative estimate of drug-likeness (QED) is 0.185. The Morgan fingerprint density at radius 2 is 1.06 bits per heavy atom. The van der Waals surface area contributed by atoms with Gasteiger partial charge in [-0.3, -0.25) is 0 Å². The maximum Gasteiger partial charge on any atom is 0.0379 e. The average Bonchev–Trinajstić information content (AvgIpc) is 3.41. The maximum atomic E-state index is 3.72. The molecule has 0 aliphatic carbocycles. The number of nitrogens with zero attached hydrogens (tertiary/aromatic N) is 4. The van der Waals surface area contributed by atoms with Gasteiger partial charge in [0, 0.05) is 53.3 Å². The van der Waals surface area contributed by atoms with Crippen molar-refractivity contribution in [2.24, 2.45) is 0 Å². The summed E-state index contributed by atoms with van der Waals surface area (Å²) in [6, 6.07) is 34.1. The summed E-state index contributed by atoms with van der Waals surface area (Å²) in [4.78, 5) is 8.92. The Bertz CT molecular complexity index is 1510. The molecule has 5 heteroatoms. The summed E-state index contributed by atoms with van der Waals surface area (Å²) in [7, 11) is 4.24. The number of hydrogen-bond donors (Lipinski definition) is 0. The molecule has 0 saturated heterocycles. The molecule has 5 aromatic carbocycles. The third kappa shape index (κ3) is 3.38. The first-order valence-electron chi connectivity index (χ1n) is 11.9. The molecule has 0 radical (unpaired) electrons. The van der Waals surface area contributed by atoms with E-state index in [0.717, 1.165) is 11.4 Å². The van der Waals surface area contributed by atoms with E-state index >= 15 is 0 Å². The van der Waals surface area contributed by atoms with Crippen molar-refractivity contribution in [1.29, 1.82) is 0 Å². The second-order valence-electron chi connectivity index (χ2n) is 9.43. The molecule has 0 aromatic heterocycles. The molecule has 0 unspecified atom stereocenters. The second kappa shape index (κ2) is 8.54. The van der Waals surface area contributed by atoms with E-state index in [4.69, 9.17) is 0 Å². The number of anilines is 6. The van der Waals surface area contributed by atoms with E-state index < -0.39 is 0 Å². The van der Waals surface area contributed by atoms with Crippen LogP contribution in [0.1, 0.15) is 5.56 Å². The van der Waals surface area contributed by atoms with E-state index in [-0.39, 0.29) is 19.8 Å². The molecule has 2 aliphatic rings. The van der Waals surface area contributed by atoms with Gasteiger partial charge in [0.2, 0.25) is 0 Å². The van der Waals surface area contributed by atoms with Crippen molar-refractivity contribution in [3.05, 3.63) is 110 Å². The van der Waals surface area contributed by atoms with Crippen LogP contribution in [0.4, 0.5) is 34.1 Å². The molecule has 2 heterocycles. The zero-order valence-corrected chi connectivity index (χ0v) is 22.9. The molecule has 0 atom stereocenters. The molecule has 0 amide bonds. The molecule has 7 rings (SSSR count). The summed E-state index contributed by atoms with van der Waals surface area (Å²) < 4.78 is 0. The van der Waals surface area contributed by atoms with Crippen molar-refractivity contribution in [2.45, 2.75) is 6.92 Å². The van der Waals surface area contributed by atoms with Crippen LogP contribution in [0, 0.1) is 26.3 Å². The van der Waals surface area contributed by atoms with E-state index in [1.807, 2.05) is 0 Å². The first kappa shape index (κ1) is 22.9. The smallest absolute Gasteiger partial charge is 0.0379 e. The molecular weight excluding hydrogens is 619 g/mol. The Kier molecular flexibility index (Phi) is 5.43. The van der Waals surface area contributed by atoms with Crippen molar-refractivity contribution < 1.29 is 19.8 Å². The van der Waals surface area contributed by atoms with Crippen LogP contribution in [0.25, 0.3) is 21.5 Å². The number of aryl methyl sites for hydroxylation is 1. The summed E-state index contributed by atoms with van der Waals surface area (Å²) in [6.45, 7) is 6.48. The zero-order chi connectivity index (χ0) is 23.7. The van der Waals surface area contributed by atoms with Crippen LogP contribution in [0.2, 0.25) is 0 Å². The number of hydrogen-bond acceptors (Lipinski definition) is 4. The van der Waals surface area contributed by atoms with Crippen LogP contribution in [0.5, 0.6) is 0 Å². The van der Waals surface area contributed by atoms with Gasteiger partial charge in [0.25, 0.3) is 0 Å². The molecule has 5 aromatic rings. The average molecular weight is 644 g/mol. The van der Waals surface area contributed by atoms with E-state index in [9.17, 15) is 0 Å². The van der Waals surface area contributed by atoms with Crippen molar-refractivity contribution in [1.82, 2.24) is 0 Å². The van der Waals surface area contributed by atoms with Crippen LogP contribution in [0.3, 0.4) is 0 Å². The first-order valence-corrected chi connectivity index (χ1v) is 11.9.